The number of aromatic nitrogens is 2. The maximum Gasteiger partial charge on any atom is 0.147 e. The van der Waals surface area contributed by atoms with Crippen LogP contribution in [0.3, 0.4) is 0 Å². The molecule has 2 heterocycles. The number of hydrogen-bond donors (Lipinski definition) is 1. The molecule has 0 atom stereocenters. The van der Waals surface area contributed by atoms with Gasteiger partial charge in [-0.05, 0) is 31.0 Å². The number of nitrogens with zero attached hydrogens (tertiary/aromatic N) is 3. The normalized spacial score (nSPS) is 11.3. The van der Waals surface area contributed by atoms with Gasteiger partial charge in [-0.2, -0.15) is 0 Å². The van der Waals surface area contributed by atoms with Gasteiger partial charge in [-0.15, -0.1) is 11.3 Å². The van der Waals surface area contributed by atoms with Crippen molar-refractivity contribution in [3.8, 4) is 0 Å². The second-order valence-corrected chi connectivity index (χ2v) is 5.13. The molecule has 0 fully saturated rings. The molecule has 5 heteroatoms. The lowest BCUT2D eigenvalue weighted by Crippen LogP contribution is -2.29. The smallest absolute Gasteiger partial charge is 0.147 e. The third-order valence-corrected chi connectivity index (χ3v) is 3.86. The van der Waals surface area contributed by atoms with Crippen molar-refractivity contribution < 1.29 is 0 Å². The van der Waals surface area contributed by atoms with E-state index in [-0.39, 0.29) is 0 Å². The van der Waals surface area contributed by atoms with Crippen LogP contribution in [0.5, 0.6) is 0 Å². The van der Waals surface area contributed by atoms with Crippen molar-refractivity contribution >= 4 is 27.4 Å². The van der Waals surface area contributed by atoms with Gasteiger partial charge in [0.25, 0.3) is 0 Å². The second-order valence-electron chi connectivity index (χ2n) is 4.22. The topological polar surface area (TPSA) is 41.0 Å². The van der Waals surface area contributed by atoms with E-state index in [4.69, 9.17) is 0 Å². The molecule has 0 aliphatic carbocycles. The number of likely N-dealkylation sites (N-methyl/N-ethyl adjacent to an activating group) is 1. The monoisotopic (exact) mass is 264 g/mol. The molecular weight excluding hydrogens is 244 g/mol. The summed E-state index contributed by atoms with van der Waals surface area (Å²) in [6.07, 6.45) is 2.83. The van der Waals surface area contributed by atoms with Crippen molar-refractivity contribution in [1.29, 1.82) is 0 Å². The highest BCUT2D eigenvalue weighted by molar-refractivity contribution is 7.17. The summed E-state index contributed by atoms with van der Waals surface area (Å²) in [7, 11) is 0. The number of hydrogen-bond acceptors (Lipinski definition) is 5. The van der Waals surface area contributed by atoms with E-state index >= 15 is 0 Å². The second kappa shape index (κ2) is 6.66. The Hall–Kier alpha value is -1.20. The van der Waals surface area contributed by atoms with Gasteiger partial charge in [0.05, 0.1) is 10.2 Å². The molecule has 4 nitrogen and oxygen atoms in total. The Kier molecular flexibility index (Phi) is 4.90. The molecule has 0 saturated carbocycles. The van der Waals surface area contributed by atoms with E-state index in [1.807, 2.05) is 6.07 Å². The van der Waals surface area contributed by atoms with Crippen LogP contribution >= 0.6 is 11.3 Å². The van der Waals surface area contributed by atoms with Gasteiger partial charge in [0.1, 0.15) is 12.1 Å². The summed E-state index contributed by atoms with van der Waals surface area (Å²) in [5.74, 6) is 0.961. The highest BCUT2D eigenvalue weighted by atomic mass is 32.1. The Bertz CT molecular complexity index is 483. The molecule has 0 saturated heterocycles. The molecule has 0 amide bonds. The fraction of sp³-hybridized carbons (Fsp3) is 0.538. The molecule has 0 aliphatic rings. The van der Waals surface area contributed by atoms with Crippen molar-refractivity contribution in [2.24, 2.45) is 0 Å². The Morgan fingerprint density at radius 3 is 2.94 bits per heavy atom. The minimum atomic E-state index is 0.928. The fourth-order valence-corrected chi connectivity index (χ4v) is 2.80. The highest BCUT2D eigenvalue weighted by Gasteiger charge is 2.05. The first-order chi connectivity index (χ1) is 8.85. The van der Waals surface area contributed by atoms with Crippen LogP contribution in [0.4, 0.5) is 5.82 Å². The number of fused-ring (bicyclic) bond motifs is 1. The summed E-state index contributed by atoms with van der Waals surface area (Å²) in [6, 6.07) is 2.03. The molecular formula is C13H20N4S. The lowest BCUT2D eigenvalue weighted by atomic mass is 10.4. The van der Waals surface area contributed by atoms with Crippen molar-refractivity contribution in [3.05, 3.63) is 17.8 Å². The van der Waals surface area contributed by atoms with Gasteiger partial charge in [0.2, 0.25) is 0 Å². The lowest BCUT2D eigenvalue weighted by molar-refractivity contribution is 0.300. The van der Waals surface area contributed by atoms with Gasteiger partial charge in [0, 0.05) is 13.1 Å². The summed E-state index contributed by atoms with van der Waals surface area (Å²) in [6.45, 7) is 8.68. The van der Waals surface area contributed by atoms with Crippen LogP contribution in [-0.2, 0) is 0 Å². The fourth-order valence-electron chi connectivity index (χ4n) is 1.99. The van der Waals surface area contributed by atoms with Crippen LogP contribution < -0.4 is 5.32 Å². The predicted molar refractivity (Wildman–Crippen MR) is 78.3 cm³/mol. The van der Waals surface area contributed by atoms with Crippen molar-refractivity contribution in [2.75, 3.05) is 31.5 Å². The van der Waals surface area contributed by atoms with Gasteiger partial charge in [-0.1, -0.05) is 13.8 Å². The zero-order chi connectivity index (χ0) is 12.8. The predicted octanol–water partition coefficient (Wildman–Crippen LogP) is 2.84. The molecule has 1 N–H and O–H groups in total. The largest absolute Gasteiger partial charge is 0.367 e. The number of rotatable bonds is 7. The minimum absolute atomic E-state index is 0.928. The van der Waals surface area contributed by atoms with Crippen LogP contribution in [0.25, 0.3) is 10.2 Å². The Labute approximate surface area is 112 Å². The summed E-state index contributed by atoms with van der Waals surface area (Å²) >= 11 is 1.69. The molecule has 0 unspecified atom stereocenters. The molecule has 2 aromatic heterocycles. The molecule has 0 aromatic carbocycles. The molecule has 0 aliphatic heterocycles. The zero-order valence-electron chi connectivity index (χ0n) is 11.0. The van der Waals surface area contributed by atoms with Gasteiger partial charge in [0.15, 0.2) is 0 Å². The highest BCUT2D eigenvalue weighted by Crippen LogP contribution is 2.24. The first-order valence-electron chi connectivity index (χ1n) is 6.49. The average molecular weight is 264 g/mol. The summed E-state index contributed by atoms with van der Waals surface area (Å²) < 4.78 is 1.15. The van der Waals surface area contributed by atoms with Crippen molar-refractivity contribution in [2.45, 2.75) is 20.3 Å². The summed E-state index contributed by atoms with van der Waals surface area (Å²) in [4.78, 5) is 11.0. The molecule has 18 heavy (non-hydrogen) atoms. The molecule has 2 aromatic rings. The lowest BCUT2D eigenvalue weighted by Gasteiger charge is -2.19. The minimum Gasteiger partial charge on any atom is -0.367 e. The van der Waals surface area contributed by atoms with E-state index < -0.39 is 0 Å². The zero-order valence-corrected chi connectivity index (χ0v) is 11.8. The number of nitrogens with one attached hydrogen (secondary N) is 1. The quantitative estimate of drug-likeness (QED) is 0.835. The molecule has 0 spiro atoms. The van der Waals surface area contributed by atoms with Crippen molar-refractivity contribution in [1.82, 2.24) is 14.9 Å². The Balaban J connectivity index is 1.92. The van der Waals surface area contributed by atoms with Gasteiger partial charge in [-0.25, -0.2) is 9.97 Å². The Morgan fingerprint density at radius 2 is 2.17 bits per heavy atom. The standard InChI is InChI=1S/C13H20N4S/c1-3-7-17(4-2)8-6-14-13-12-11(5-9-18-12)15-10-16-13/h5,9-10H,3-4,6-8H2,1-2H3,(H,14,15,16). The van der Waals surface area contributed by atoms with Crippen LogP contribution in [0.15, 0.2) is 17.8 Å². The van der Waals surface area contributed by atoms with E-state index in [0.29, 0.717) is 0 Å². The third-order valence-electron chi connectivity index (χ3n) is 2.95. The van der Waals surface area contributed by atoms with Gasteiger partial charge < -0.3 is 10.2 Å². The van der Waals surface area contributed by atoms with E-state index in [9.17, 15) is 0 Å². The van der Waals surface area contributed by atoms with Crippen LogP contribution in [0.1, 0.15) is 20.3 Å². The SMILES string of the molecule is CCCN(CC)CCNc1ncnc2ccsc12. The Morgan fingerprint density at radius 1 is 1.28 bits per heavy atom. The first kappa shape index (κ1) is 13.2. The van der Waals surface area contributed by atoms with E-state index in [0.717, 1.165) is 42.2 Å². The average Bonchev–Trinajstić information content (AvgIpc) is 2.86. The van der Waals surface area contributed by atoms with Gasteiger partial charge in [-0.3, -0.25) is 0 Å². The molecule has 98 valence electrons. The number of thiophene rings is 1. The maximum atomic E-state index is 4.32. The molecule has 2 rings (SSSR count). The van der Waals surface area contributed by atoms with Crippen LogP contribution in [0.2, 0.25) is 0 Å². The van der Waals surface area contributed by atoms with Crippen LogP contribution in [-0.4, -0.2) is 41.0 Å². The maximum absolute atomic E-state index is 4.32. The van der Waals surface area contributed by atoms with E-state index in [1.54, 1.807) is 17.7 Å². The van der Waals surface area contributed by atoms with E-state index in [1.165, 1.54) is 6.42 Å². The summed E-state index contributed by atoms with van der Waals surface area (Å²) in [5.41, 5.74) is 1.03. The molecule has 0 bridgehead atoms. The first-order valence-corrected chi connectivity index (χ1v) is 7.37. The third kappa shape index (κ3) is 3.17. The molecule has 0 radical (unpaired) electrons. The number of anilines is 1. The van der Waals surface area contributed by atoms with E-state index in [2.05, 4.69) is 39.4 Å². The van der Waals surface area contributed by atoms with Crippen LogP contribution in [0, 0.1) is 0 Å². The van der Waals surface area contributed by atoms with Gasteiger partial charge >= 0.3 is 0 Å². The summed E-state index contributed by atoms with van der Waals surface area (Å²) in [5, 5.41) is 5.47. The van der Waals surface area contributed by atoms with Crippen molar-refractivity contribution in [3.63, 3.8) is 0 Å².